The van der Waals surface area contributed by atoms with E-state index in [1.165, 1.54) is 0 Å². The molecule has 0 radical (unpaired) electrons. The van der Waals surface area contributed by atoms with E-state index in [9.17, 15) is 0 Å². The van der Waals surface area contributed by atoms with Gasteiger partial charge in [-0.2, -0.15) is 0 Å². The van der Waals surface area contributed by atoms with Crippen molar-refractivity contribution in [1.82, 2.24) is 0 Å². The minimum atomic E-state index is -4.64. The van der Waals surface area contributed by atoms with Crippen molar-refractivity contribution in [3.05, 3.63) is 10.0 Å². The third-order valence-electron chi connectivity index (χ3n) is 0.0825. The van der Waals surface area contributed by atoms with Gasteiger partial charge >= 0.3 is 15.6 Å². The van der Waals surface area contributed by atoms with Crippen molar-refractivity contribution >= 4 is 50.4 Å². The van der Waals surface area contributed by atoms with Gasteiger partial charge < -0.3 is 29.4 Å². The van der Waals surface area contributed by atoms with E-state index in [0.29, 0.717) is 0 Å². The normalized spacial score (nSPS) is 10.2. The first kappa shape index (κ1) is 21.1. The maximum atomic E-state index is 8.88. The summed E-state index contributed by atoms with van der Waals surface area (Å²) >= 11 is 14.8. The Bertz CT molecular complexity index is 225. The molecule has 0 atom stereocenters. The summed E-state index contributed by atoms with van der Waals surface area (Å²) in [5.74, 6) is 0. The number of phosphoric acid groups is 2. The van der Waals surface area contributed by atoms with E-state index in [4.69, 9.17) is 73.3 Å². The lowest BCUT2D eigenvalue weighted by atomic mass is 11.2. The minimum absolute atomic E-state index is 0.0895. The van der Waals surface area contributed by atoms with Crippen LogP contribution in [-0.4, -0.2) is 29.4 Å². The van der Waals surface area contributed by atoms with Crippen molar-refractivity contribution in [2.45, 2.75) is 0 Å². The molecule has 0 amide bonds. The van der Waals surface area contributed by atoms with Crippen LogP contribution in [0.25, 0.3) is 0 Å². The molecule has 0 heterocycles. The molecule has 0 aliphatic carbocycles. The number of rotatable bonds is 0. The van der Waals surface area contributed by atoms with Gasteiger partial charge in [0.1, 0.15) is 4.49 Å². The molecule has 0 spiro atoms. The summed E-state index contributed by atoms with van der Waals surface area (Å²) in [6.07, 6.45) is 0. The molecule has 0 fully saturated rings. The van der Waals surface area contributed by atoms with Crippen LogP contribution in [0.4, 0.5) is 0 Å². The standard InChI is InChI=1S/C2HCl3.2H3O4P/c3-1-2(4)5;2*1-5(2,3)4/h1H;2*(H3,1,2,3,4). The molecule has 0 aromatic carbocycles. The smallest absolute Gasteiger partial charge is 0.303 e. The monoisotopic (exact) mass is 326 g/mol. The zero-order chi connectivity index (χ0) is 13.3. The molecular formula is C2H7Cl3O8P2. The largest absolute Gasteiger partial charge is 0.466 e. The Morgan fingerprint density at radius 2 is 0.933 bits per heavy atom. The summed E-state index contributed by atoms with van der Waals surface area (Å²) in [4.78, 5) is 43.1. The van der Waals surface area contributed by atoms with Crippen LogP contribution in [0, 0.1) is 0 Å². The van der Waals surface area contributed by atoms with Gasteiger partial charge in [-0.3, -0.25) is 0 Å². The zero-order valence-electron chi connectivity index (χ0n) is 6.61. The van der Waals surface area contributed by atoms with Gasteiger partial charge in [0, 0.05) is 5.54 Å². The fourth-order valence-electron chi connectivity index (χ4n) is 0. The summed E-state index contributed by atoms with van der Waals surface area (Å²) < 4.78 is 17.9. The lowest BCUT2D eigenvalue weighted by Crippen LogP contribution is -1.66. The van der Waals surface area contributed by atoms with Crippen molar-refractivity contribution in [3.8, 4) is 0 Å². The molecule has 6 N–H and O–H groups in total. The van der Waals surface area contributed by atoms with E-state index in [1.807, 2.05) is 0 Å². The van der Waals surface area contributed by atoms with Crippen molar-refractivity contribution in [2.75, 3.05) is 0 Å². The van der Waals surface area contributed by atoms with Crippen LogP contribution in [-0.2, 0) is 9.13 Å². The third kappa shape index (κ3) is 305. The maximum Gasteiger partial charge on any atom is 0.466 e. The molecule has 94 valence electrons. The van der Waals surface area contributed by atoms with E-state index in [0.717, 1.165) is 5.54 Å². The SMILES string of the molecule is ClC=C(Cl)Cl.O=P(O)(O)O.O=P(O)(O)O. The first-order chi connectivity index (χ1) is 6.27. The van der Waals surface area contributed by atoms with Gasteiger partial charge in [-0.05, 0) is 0 Å². The van der Waals surface area contributed by atoms with Crippen LogP contribution in [0.1, 0.15) is 0 Å². The van der Waals surface area contributed by atoms with Crippen molar-refractivity contribution in [1.29, 1.82) is 0 Å². The van der Waals surface area contributed by atoms with E-state index < -0.39 is 15.6 Å². The molecule has 15 heavy (non-hydrogen) atoms. The summed E-state index contributed by atoms with van der Waals surface area (Å²) in [7, 11) is -9.28. The molecule has 13 heteroatoms. The average molecular weight is 327 g/mol. The van der Waals surface area contributed by atoms with Gasteiger partial charge in [0.2, 0.25) is 0 Å². The Labute approximate surface area is 99.2 Å². The second-order valence-electron chi connectivity index (χ2n) is 1.43. The molecule has 0 unspecified atom stereocenters. The molecule has 0 bridgehead atoms. The fourth-order valence-corrected chi connectivity index (χ4v) is 0. The number of hydrogen-bond acceptors (Lipinski definition) is 2. The second-order valence-corrected chi connectivity index (χ2v) is 4.70. The topological polar surface area (TPSA) is 156 Å². The van der Waals surface area contributed by atoms with Crippen molar-refractivity contribution < 1.29 is 38.5 Å². The van der Waals surface area contributed by atoms with Crippen LogP contribution < -0.4 is 0 Å². The third-order valence-corrected chi connectivity index (χ3v) is 0.742. The second kappa shape index (κ2) is 10.0. The highest BCUT2D eigenvalue weighted by Gasteiger charge is 2.00. The Morgan fingerprint density at radius 3 is 0.933 bits per heavy atom. The Hall–Kier alpha value is 0.830. The van der Waals surface area contributed by atoms with E-state index in [1.54, 1.807) is 0 Å². The molecule has 0 saturated carbocycles. The van der Waals surface area contributed by atoms with Crippen molar-refractivity contribution in [2.24, 2.45) is 0 Å². The maximum absolute atomic E-state index is 8.88. The first-order valence-corrected chi connectivity index (χ1v) is 6.77. The number of hydrogen-bond donors (Lipinski definition) is 6. The Balaban J connectivity index is -0.000000144. The lowest BCUT2D eigenvalue weighted by Gasteiger charge is -1.82. The molecule has 0 aliphatic heterocycles. The summed E-state index contributed by atoms with van der Waals surface area (Å²) in [5, 5.41) is 0. The van der Waals surface area contributed by atoms with E-state index in [-0.39, 0.29) is 4.49 Å². The summed E-state index contributed by atoms with van der Waals surface area (Å²) in [5.41, 5.74) is 1.09. The molecule has 0 rings (SSSR count). The molecule has 8 nitrogen and oxygen atoms in total. The van der Waals surface area contributed by atoms with Crippen molar-refractivity contribution in [3.63, 3.8) is 0 Å². The summed E-state index contributed by atoms with van der Waals surface area (Å²) in [6, 6.07) is 0. The Kier molecular flexibility index (Phi) is 14.1. The summed E-state index contributed by atoms with van der Waals surface area (Å²) in [6.45, 7) is 0. The zero-order valence-corrected chi connectivity index (χ0v) is 10.7. The van der Waals surface area contributed by atoms with Crippen LogP contribution in [0.15, 0.2) is 10.0 Å². The van der Waals surface area contributed by atoms with Crippen LogP contribution in [0.2, 0.25) is 0 Å². The van der Waals surface area contributed by atoms with Crippen LogP contribution in [0.5, 0.6) is 0 Å². The van der Waals surface area contributed by atoms with Gasteiger partial charge in [-0.15, -0.1) is 0 Å². The number of halogens is 3. The average Bonchev–Trinajstić information content (AvgIpc) is 1.79. The predicted octanol–water partition coefficient (Wildman–Crippen LogP) is 0.645. The Morgan fingerprint density at radius 1 is 0.867 bits per heavy atom. The molecule has 0 saturated heterocycles. The quantitative estimate of drug-likeness (QED) is 0.354. The first-order valence-electron chi connectivity index (χ1n) is 2.45. The highest BCUT2D eigenvalue weighted by Crippen LogP contribution is 2.26. The van der Waals surface area contributed by atoms with Crippen LogP contribution in [0.3, 0.4) is 0 Å². The molecule has 0 aromatic rings. The van der Waals surface area contributed by atoms with Gasteiger partial charge in [0.25, 0.3) is 0 Å². The molecule has 0 aromatic heterocycles. The van der Waals surface area contributed by atoms with Gasteiger partial charge in [0.05, 0.1) is 0 Å². The van der Waals surface area contributed by atoms with Gasteiger partial charge in [-0.25, -0.2) is 9.13 Å². The molecular weight excluding hydrogens is 320 g/mol. The highest BCUT2D eigenvalue weighted by molar-refractivity contribution is 7.45. The highest BCUT2D eigenvalue weighted by atomic mass is 35.5. The predicted molar refractivity (Wildman–Crippen MR) is 54.2 cm³/mol. The van der Waals surface area contributed by atoms with E-state index in [2.05, 4.69) is 0 Å². The molecule has 0 aliphatic rings. The van der Waals surface area contributed by atoms with Gasteiger partial charge in [0.15, 0.2) is 0 Å². The van der Waals surface area contributed by atoms with Crippen LogP contribution >= 0.6 is 50.4 Å². The lowest BCUT2D eigenvalue weighted by molar-refractivity contribution is 0.272. The fraction of sp³-hybridized carbons (Fsp3) is 0. The minimum Gasteiger partial charge on any atom is -0.303 e. The van der Waals surface area contributed by atoms with Gasteiger partial charge in [-0.1, -0.05) is 34.8 Å². The van der Waals surface area contributed by atoms with E-state index >= 15 is 0 Å².